The summed E-state index contributed by atoms with van der Waals surface area (Å²) in [5.41, 5.74) is 4.35. The van der Waals surface area contributed by atoms with Crippen LogP contribution >= 0.6 is 45.4 Å². The van der Waals surface area contributed by atoms with Crippen LogP contribution in [0, 0.1) is 5.41 Å². The number of anilines is 1. The molecule has 284 valence electrons. The maximum atomic E-state index is 12.6. The number of nitrogens with zero attached hydrogens (tertiary/aromatic N) is 4. The second-order valence-electron chi connectivity index (χ2n) is 11.1. The smallest absolute Gasteiger partial charge is 0.385 e. The molecule has 50 heavy (non-hydrogen) atoms. The average Bonchev–Trinajstić information content (AvgIpc) is 3.57. The van der Waals surface area contributed by atoms with Crippen LogP contribution in [0.2, 0.25) is 0 Å². The van der Waals surface area contributed by atoms with E-state index in [1.807, 2.05) is 6.26 Å². The van der Waals surface area contributed by atoms with Gasteiger partial charge in [0.15, 0.2) is 23.8 Å². The molecule has 2 aromatic rings. The minimum Gasteiger partial charge on any atom is -0.385 e. The van der Waals surface area contributed by atoms with Crippen molar-refractivity contribution < 1.29 is 76.0 Å². The average molecular weight is 815 g/mol. The molecule has 0 aliphatic carbocycles. The van der Waals surface area contributed by atoms with Gasteiger partial charge in [-0.2, -0.15) is 19.0 Å². The number of ether oxygens (including phenoxy) is 1. The second kappa shape index (κ2) is 18.0. The molecule has 0 aromatic carbocycles. The fourth-order valence-corrected chi connectivity index (χ4v) is 8.20. The second-order valence-corrected chi connectivity index (χ2v) is 18.0. The van der Waals surface area contributed by atoms with Gasteiger partial charge in [0, 0.05) is 30.7 Å². The van der Waals surface area contributed by atoms with Crippen LogP contribution in [0.15, 0.2) is 12.7 Å². The summed E-state index contributed by atoms with van der Waals surface area (Å²) in [7, 11) is -12.9. The van der Waals surface area contributed by atoms with Crippen LogP contribution in [-0.2, 0) is 41.3 Å². The minimum absolute atomic E-state index is 0.0247. The molecule has 11 N–H and O–H groups in total. The van der Waals surface area contributed by atoms with Crippen molar-refractivity contribution in [2.45, 2.75) is 50.9 Å². The maximum Gasteiger partial charge on any atom is 0.567 e. The predicted molar refractivity (Wildman–Crippen MR) is 177 cm³/mol. The zero-order valence-corrected chi connectivity index (χ0v) is 30.9. The van der Waals surface area contributed by atoms with Crippen LogP contribution in [0.25, 0.3) is 11.2 Å². The largest absolute Gasteiger partial charge is 0.567 e. The summed E-state index contributed by atoms with van der Waals surface area (Å²) in [5.74, 6) is -0.587. The normalized spacial score (nSPS) is 22.9. The van der Waals surface area contributed by atoms with Gasteiger partial charge in [-0.3, -0.25) is 23.2 Å². The molecule has 7 atom stereocenters. The van der Waals surface area contributed by atoms with E-state index in [9.17, 15) is 53.4 Å². The topological polar surface area (TPSA) is 350 Å². The summed E-state index contributed by atoms with van der Waals surface area (Å²) in [6, 6.07) is 0. The number of imidazole rings is 1. The lowest BCUT2D eigenvalue weighted by Crippen LogP contribution is -2.46. The Morgan fingerprint density at radius 3 is 2.48 bits per heavy atom. The number of aromatic nitrogens is 4. The van der Waals surface area contributed by atoms with Gasteiger partial charge in [0.05, 0.1) is 19.5 Å². The Labute approximate surface area is 292 Å². The number of rotatable bonds is 20. The SMILES string of the molecule is CSSCCNC(=O)CCNC(=O)[C@@H](O)C(C)(C)COP(=O)(O)OP(=O)(O)OC[C@H]1O[C@@H](n2cnc3c(N)ncnc32)[C@@H](O)C1O[P+](O)(O)O. The zero-order valence-electron chi connectivity index (χ0n) is 26.6. The summed E-state index contributed by atoms with van der Waals surface area (Å²) in [6.45, 7) is 0.933. The highest BCUT2D eigenvalue weighted by Crippen LogP contribution is 2.61. The number of aliphatic hydroxyl groups excluding tert-OH is 2. The first-order valence-corrected chi connectivity index (χ1v) is 21.5. The van der Waals surface area contributed by atoms with Crippen molar-refractivity contribution in [2.24, 2.45) is 5.41 Å². The van der Waals surface area contributed by atoms with Crippen LogP contribution in [0.1, 0.15) is 26.5 Å². The fourth-order valence-electron chi connectivity index (χ4n) is 4.26. The highest BCUT2D eigenvalue weighted by molar-refractivity contribution is 8.76. The minimum atomic E-state index is -5.52. The fraction of sp³-hybridized carbons (Fsp3) is 0.682. The molecule has 3 heterocycles. The lowest BCUT2D eigenvalue weighted by molar-refractivity contribution is -0.137. The molecule has 0 saturated carbocycles. The van der Waals surface area contributed by atoms with Crippen LogP contribution in [-0.4, -0.2) is 129 Å². The Balaban J connectivity index is 1.56. The Morgan fingerprint density at radius 2 is 1.82 bits per heavy atom. The molecule has 3 rings (SSSR count). The van der Waals surface area contributed by atoms with E-state index in [1.165, 1.54) is 13.8 Å². The molecule has 28 heteroatoms. The number of carbonyl (C=O) groups is 2. The number of aliphatic hydroxyl groups is 2. The van der Waals surface area contributed by atoms with E-state index in [-0.39, 0.29) is 35.9 Å². The molecular weight excluding hydrogens is 775 g/mol. The van der Waals surface area contributed by atoms with Crippen LogP contribution < -0.4 is 16.4 Å². The number of amides is 2. The summed E-state index contributed by atoms with van der Waals surface area (Å²) in [5, 5.41) is 26.4. The van der Waals surface area contributed by atoms with E-state index in [4.69, 9.17) is 24.0 Å². The molecule has 2 aromatic heterocycles. The lowest BCUT2D eigenvalue weighted by atomic mass is 9.87. The molecule has 0 spiro atoms. The molecule has 1 saturated heterocycles. The van der Waals surface area contributed by atoms with E-state index >= 15 is 0 Å². The van der Waals surface area contributed by atoms with Crippen LogP contribution in [0.3, 0.4) is 0 Å². The van der Waals surface area contributed by atoms with Crippen molar-refractivity contribution in [1.29, 1.82) is 0 Å². The van der Waals surface area contributed by atoms with Crippen molar-refractivity contribution in [3.8, 4) is 0 Å². The Bertz CT molecular complexity index is 1570. The summed E-state index contributed by atoms with van der Waals surface area (Å²) < 4.78 is 50.5. The molecule has 0 radical (unpaired) electrons. The number of phosphoric acid groups is 2. The number of phosphoric ester groups is 2. The van der Waals surface area contributed by atoms with Gasteiger partial charge in [-0.25, -0.2) is 24.1 Å². The molecule has 2 amide bonds. The third-order valence-corrected chi connectivity index (χ3v) is 11.6. The first kappa shape index (κ1) is 42.8. The molecule has 3 unspecified atom stereocenters. The molecule has 23 nitrogen and oxygen atoms in total. The molecule has 1 fully saturated rings. The van der Waals surface area contributed by atoms with Gasteiger partial charge in [-0.1, -0.05) is 35.4 Å². The molecule has 1 aliphatic rings. The van der Waals surface area contributed by atoms with Crippen molar-refractivity contribution >= 4 is 74.2 Å². The highest BCUT2D eigenvalue weighted by atomic mass is 33.1. The van der Waals surface area contributed by atoms with E-state index < -0.39 is 79.0 Å². The van der Waals surface area contributed by atoms with E-state index in [1.54, 1.807) is 21.6 Å². The Hall–Kier alpha value is -1.60. The number of hydrogen-bond donors (Lipinski definition) is 10. The van der Waals surface area contributed by atoms with E-state index in [0.29, 0.717) is 12.3 Å². The Morgan fingerprint density at radius 1 is 1.14 bits per heavy atom. The van der Waals surface area contributed by atoms with Gasteiger partial charge in [-0.15, -0.1) is 4.52 Å². The van der Waals surface area contributed by atoms with Gasteiger partial charge in [0.2, 0.25) is 11.8 Å². The summed E-state index contributed by atoms with van der Waals surface area (Å²) in [6.07, 6.45) is -4.60. The van der Waals surface area contributed by atoms with Gasteiger partial charge >= 0.3 is 23.8 Å². The highest BCUT2D eigenvalue weighted by Gasteiger charge is 2.54. The van der Waals surface area contributed by atoms with Crippen molar-refractivity contribution in [3.05, 3.63) is 12.7 Å². The summed E-state index contributed by atoms with van der Waals surface area (Å²) in [4.78, 5) is 84.8. The molecule has 1 aliphatic heterocycles. The third kappa shape index (κ3) is 12.5. The third-order valence-electron chi connectivity index (χ3n) is 6.71. The van der Waals surface area contributed by atoms with Gasteiger partial charge < -0.3 is 41.1 Å². The van der Waals surface area contributed by atoms with E-state index in [0.717, 1.165) is 17.2 Å². The number of carbonyl (C=O) groups excluding carboxylic acids is 2. The number of nitrogen functional groups attached to an aromatic ring is 1. The first-order valence-electron chi connectivity index (χ1n) is 14.2. The monoisotopic (exact) mass is 814 g/mol. The molecule has 0 bridgehead atoms. The number of fused-ring (bicyclic) bond motifs is 1. The van der Waals surface area contributed by atoms with Gasteiger partial charge in [-0.05, 0) is 6.26 Å². The Kier molecular flexibility index (Phi) is 15.4. The van der Waals surface area contributed by atoms with Gasteiger partial charge in [0.25, 0.3) is 0 Å². The van der Waals surface area contributed by atoms with E-state index in [2.05, 4.69) is 29.9 Å². The lowest BCUT2D eigenvalue weighted by Gasteiger charge is -2.30. The van der Waals surface area contributed by atoms with Crippen molar-refractivity contribution in [2.75, 3.05) is 44.0 Å². The van der Waals surface area contributed by atoms with Crippen molar-refractivity contribution in [1.82, 2.24) is 30.2 Å². The van der Waals surface area contributed by atoms with Crippen LogP contribution in [0.4, 0.5) is 5.82 Å². The quantitative estimate of drug-likeness (QED) is 0.0434. The summed E-state index contributed by atoms with van der Waals surface area (Å²) >= 11 is 0. The van der Waals surface area contributed by atoms with Gasteiger partial charge in [0.1, 0.15) is 30.2 Å². The molecular formula is C22H39N7O16P3S2+. The number of nitrogens with two attached hydrogens (primary N) is 1. The van der Waals surface area contributed by atoms with Crippen molar-refractivity contribution in [3.63, 3.8) is 0 Å². The zero-order chi connectivity index (χ0) is 37.5. The number of nitrogens with one attached hydrogen (secondary N) is 2. The maximum absolute atomic E-state index is 12.6. The standard InChI is InChI=1S/C22H38N7O16P3S2/c1-22(2,17(32)20(33)25-5-4-13(30)24-6-7-50-49-3)9-42-48(39,40)45-47(37,38)41-8-12-16(44-46(34,35)36)15(31)21(43-12)29-11-28-14-18(23)26-10-27-19(14)29/h10-12,15-17,21,31-32,34-36H,4-9H2,1-3H3,(H5-,23,24,25,26,27,30,33,37,38,39,40)/p+1/t12-,15+,16?,17-,21-/m1/s1. The first-order chi connectivity index (χ1) is 23.2. The predicted octanol–water partition coefficient (Wildman–Crippen LogP) is -1.02. The van der Waals surface area contributed by atoms with Crippen LogP contribution in [0.5, 0.6) is 0 Å². The number of hydrogen-bond acceptors (Lipinski definition) is 20.